The minimum Gasteiger partial charge on any atom is -0.464 e. The van der Waals surface area contributed by atoms with Gasteiger partial charge >= 0.3 is 5.97 Å². The fourth-order valence-corrected chi connectivity index (χ4v) is 1.41. The van der Waals surface area contributed by atoms with Crippen LogP contribution in [0.2, 0.25) is 0 Å². The summed E-state index contributed by atoms with van der Waals surface area (Å²) in [5.41, 5.74) is -0.0513. The molecule has 0 N–H and O–H groups in total. The first kappa shape index (κ1) is 12.0. The van der Waals surface area contributed by atoms with Gasteiger partial charge in [0.1, 0.15) is 11.4 Å². The van der Waals surface area contributed by atoms with Gasteiger partial charge in [-0.2, -0.15) is 0 Å². The van der Waals surface area contributed by atoms with Crippen molar-refractivity contribution in [1.82, 2.24) is 4.98 Å². The molecule has 3 nitrogen and oxygen atoms in total. The maximum atomic E-state index is 12.5. The molecule has 1 heterocycles. The molecule has 1 rings (SSSR count). The average molecular weight is 280 g/mol. The third-order valence-electron chi connectivity index (χ3n) is 1.77. The zero-order valence-electron chi connectivity index (χ0n) is 8.05. The standard InChI is InChI=1S/C9H8BrF2NO2/c1-4-3-5(9(14)15-2)13-7(6(4)10)8(11)12/h3,8H,1-2H3. The van der Waals surface area contributed by atoms with E-state index in [2.05, 4.69) is 25.7 Å². The van der Waals surface area contributed by atoms with Crippen molar-refractivity contribution in [2.24, 2.45) is 0 Å². The second-order valence-electron chi connectivity index (χ2n) is 2.82. The predicted octanol–water partition coefficient (Wildman–Crippen LogP) is 2.88. The van der Waals surface area contributed by atoms with Crippen molar-refractivity contribution in [2.45, 2.75) is 13.3 Å². The Morgan fingerprint density at radius 3 is 2.67 bits per heavy atom. The molecule has 1 aromatic heterocycles. The van der Waals surface area contributed by atoms with Crippen LogP contribution in [0.1, 0.15) is 28.2 Å². The van der Waals surface area contributed by atoms with Gasteiger partial charge in [0.05, 0.1) is 7.11 Å². The van der Waals surface area contributed by atoms with E-state index in [-0.39, 0.29) is 10.2 Å². The number of carbonyl (C=O) groups excluding carboxylic acids is 1. The summed E-state index contributed by atoms with van der Waals surface area (Å²) in [4.78, 5) is 14.6. The molecule has 0 fully saturated rings. The molecular weight excluding hydrogens is 272 g/mol. The molecule has 0 bridgehead atoms. The normalized spacial score (nSPS) is 10.5. The molecule has 6 heteroatoms. The Kier molecular flexibility index (Phi) is 3.73. The molecule has 0 aliphatic carbocycles. The third-order valence-corrected chi connectivity index (χ3v) is 2.80. The van der Waals surface area contributed by atoms with E-state index in [4.69, 9.17) is 0 Å². The van der Waals surface area contributed by atoms with Crippen LogP contribution in [-0.4, -0.2) is 18.1 Å². The lowest BCUT2D eigenvalue weighted by atomic mass is 10.2. The summed E-state index contributed by atoms with van der Waals surface area (Å²) >= 11 is 2.99. The van der Waals surface area contributed by atoms with Crippen LogP contribution in [0.15, 0.2) is 10.5 Å². The first-order chi connectivity index (χ1) is 6.97. The molecule has 0 unspecified atom stereocenters. The Morgan fingerprint density at radius 2 is 2.20 bits per heavy atom. The minimum atomic E-state index is -2.73. The zero-order chi connectivity index (χ0) is 11.6. The number of nitrogens with zero attached hydrogens (tertiary/aromatic N) is 1. The number of rotatable bonds is 2. The summed E-state index contributed by atoms with van der Waals surface area (Å²) in [5.74, 6) is -0.729. The quantitative estimate of drug-likeness (QED) is 0.782. The van der Waals surface area contributed by atoms with Crippen LogP contribution in [0, 0.1) is 6.92 Å². The van der Waals surface area contributed by atoms with Crippen LogP contribution < -0.4 is 0 Å². The fourth-order valence-electron chi connectivity index (χ4n) is 1.04. The fraction of sp³-hybridized carbons (Fsp3) is 0.333. The number of hydrogen-bond acceptors (Lipinski definition) is 3. The lowest BCUT2D eigenvalue weighted by Gasteiger charge is -2.07. The van der Waals surface area contributed by atoms with Gasteiger partial charge in [0, 0.05) is 4.47 Å². The minimum absolute atomic E-state index is 0.117. The van der Waals surface area contributed by atoms with E-state index in [0.717, 1.165) is 0 Å². The predicted molar refractivity (Wildman–Crippen MR) is 53.0 cm³/mol. The number of aryl methyl sites for hydroxylation is 1. The van der Waals surface area contributed by atoms with E-state index >= 15 is 0 Å². The van der Waals surface area contributed by atoms with Crippen molar-refractivity contribution >= 4 is 21.9 Å². The van der Waals surface area contributed by atoms with E-state index < -0.39 is 18.1 Å². The van der Waals surface area contributed by atoms with Crippen LogP contribution in [0.25, 0.3) is 0 Å². The second-order valence-corrected chi connectivity index (χ2v) is 3.61. The van der Waals surface area contributed by atoms with Gasteiger partial charge in [-0.05, 0) is 34.5 Å². The maximum absolute atomic E-state index is 12.5. The summed E-state index contributed by atoms with van der Waals surface area (Å²) in [7, 11) is 1.17. The molecule has 1 aromatic rings. The van der Waals surface area contributed by atoms with E-state index in [0.29, 0.717) is 5.56 Å². The van der Waals surface area contributed by atoms with Crippen molar-refractivity contribution < 1.29 is 18.3 Å². The van der Waals surface area contributed by atoms with Crippen LogP contribution in [0.5, 0.6) is 0 Å². The summed E-state index contributed by atoms with van der Waals surface area (Å²) in [6.45, 7) is 1.60. The molecule has 0 spiro atoms. The lowest BCUT2D eigenvalue weighted by molar-refractivity contribution is 0.0592. The largest absolute Gasteiger partial charge is 0.464 e. The Labute approximate surface area is 93.6 Å². The Hall–Kier alpha value is -1.04. The number of pyridine rings is 1. The van der Waals surface area contributed by atoms with E-state index in [9.17, 15) is 13.6 Å². The van der Waals surface area contributed by atoms with Gasteiger partial charge < -0.3 is 4.74 Å². The molecule has 0 aliphatic heterocycles. The third kappa shape index (κ3) is 2.50. The van der Waals surface area contributed by atoms with Gasteiger partial charge in [-0.25, -0.2) is 18.6 Å². The Balaban J connectivity index is 3.29. The van der Waals surface area contributed by atoms with E-state index in [1.54, 1.807) is 6.92 Å². The van der Waals surface area contributed by atoms with Gasteiger partial charge in [0.15, 0.2) is 0 Å². The van der Waals surface area contributed by atoms with Gasteiger partial charge in [-0.15, -0.1) is 0 Å². The highest BCUT2D eigenvalue weighted by Gasteiger charge is 2.19. The highest BCUT2D eigenvalue weighted by atomic mass is 79.9. The monoisotopic (exact) mass is 279 g/mol. The number of methoxy groups -OCH3 is 1. The van der Waals surface area contributed by atoms with Crippen molar-refractivity contribution in [1.29, 1.82) is 0 Å². The molecule has 0 saturated carbocycles. The number of ether oxygens (including phenoxy) is 1. The summed E-state index contributed by atoms with van der Waals surface area (Å²) in [6.07, 6.45) is -2.73. The maximum Gasteiger partial charge on any atom is 0.356 e. The van der Waals surface area contributed by atoms with Gasteiger partial charge in [-0.1, -0.05) is 0 Å². The van der Waals surface area contributed by atoms with Gasteiger partial charge in [-0.3, -0.25) is 0 Å². The summed E-state index contributed by atoms with van der Waals surface area (Å²) in [5, 5.41) is 0. The van der Waals surface area contributed by atoms with Gasteiger partial charge in [0.25, 0.3) is 6.43 Å². The van der Waals surface area contributed by atoms with Crippen molar-refractivity contribution in [3.05, 3.63) is 27.5 Å². The molecule has 15 heavy (non-hydrogen) atoms. The van der Waals surface area contributed by atoms with Crippen LogP contribution in [0.3, 0.4) is 0 Å². The number of hydrogen-bond donors (Lipinski definition) is 0. The Morgan fingerprint density at radius 1 is 1.60 bits per heavy atom. The van der Waals surface area contributed by atoms with Crippen LogP contribution >= 0.6 is 15.9 Å². The second kappa shape index (κ2) is 4.65. The first-order valence-corrected chi connectivity index (χ1v) is 4.80. The number of halogens is 3. The SMILES string of the molecule is COC(=O)c1cc(C)c(Br)c(C(F)F)n1. The molecule has 82 valence electrons. The van der Waals surface area contributed by atoms with Crippen molar-refractivity contribution in [3.63, 3.8) is 0 Å². The van der Waals surface area contributed by atoms with E-state index in [1.165, 1.54) is 13.2 Å². The molecule has 0 amide bonds. The average Bonchev–Trinajstić information content (AvgIpc) is 2.20. The summed E-state index contributed by atoms with van der Waals surface area (Å²) in [6, 6.07) is 1.39. The Bertz CT molecular complexity index is 396. The van der Waals surface area contributed by atoms with Gasteiger partial charge in [0.2, 0.25) is 0 Å². The number of aromatic nitrogens is 1. The number of alkyl halides is 2. The number of carbonyl (C=O) groups is 1. The molecule has 0 radical (unpaired) electrons. The zero-order valence-corrected chi connectivity index (χ0v) is 9.64. The first-order valence-electron chi connectivity index (χ1n) is 4.01. The molecule has 0 aromatic carbocycles. The number of esters is 1. The topological polar surface area (TPSA) is 39.2 Å². The molecule has 0 aliphatic rings. The smallest absolute Gasteiger partial charge is 0.356 e. The highest BCUT2D eigenvalue weighted by molar-refractivity contribution is 9.10. The lowest BCUT2D eigenvalue weighted by Crippen LogP contribution is -2.08. The summed E-state index contributed by atoms with van der Waals surface area (Å²) < 4.78 is 29.6. The van der Waals surface area contributed by atoms with Crippen molar-refractivity contribution in [2.75, 3.05) is 7.11 Å². The van der Waals surface area contributed by atoms with Crippen LogP contribution in [0.4, 0.5) is 8.78 Å². The van der Waals surface area contributed by atoms with Crippen LogP contribution in [-0.2, 0) is 4.74 Å². The molecule has 0 saturated heterocycles. The highest BCUT2D eigenvalue weighted by Crippen LogP contribution is 2.28. The molecular formula is C9H8BrF2NO2. The van der Waals surface area contributed by atoms with E-state index in [1.807, 2.05) is 0 Å². The van der Waals surface area contributed by atoms with Crippen molar-refractivity contribution in [3.8, 4) is 0 Å². The molecule has 0 atom stereocenters.